The smallest absolute Gasteiger partial charge is 0.0818 e. The lowest BCUT2D eigenvalue weighted by Crippen LogP contribution is -2.52. The van der Waals surface area contributed by atoms with E-state index in [-0.39, 0.29) is 12.1 Å². The topological polar surface area (TPSA) is 49.5 Å². The van der Waals surface area contributed by atoms with E-state index >= 15 is 0 Å². The van der Waals surface area contributed by atoms with Crippen LogP contribution in [-0.4, -0.2) is 41.3 Å². The Hall–Kier alpha value is -0.120. The molecule has 1 heterocycles. The van der Waals surface area contributed by atoms with E-state index in [4.69, 9.17) is 5.73 Å². The molecule has 0 aromatic heterocycles. The summed E-state index contributed by atoms with van der Waals surface area (Å²) in [6, 6.07) is 0.516. The predicted molar refractivity (Wildman–Crippen MR) is 45.3 cm³/mol. The molecule has 0 aromatic rings. The number of piperidine rings is 1. The number of nitrogens with zero attached hydrogens (tertiary/aromatic N) is 1. The van der Waals surface area contributed by atoms with E-state index in [0.717, 1.165) is 19.5 Å². The highest BCUT2D eigenvalue weighted by atomic mass is 16.3. The van der Waals surface area contributed by atoms with Crippen molar-refractivity contribution in [1.82, 2.24) is 4.90 Å². The van der Waals surface area contributed by atoms with Gasteiger partial charge in [0, 0.05) is 25.2 Å². The van der Waals surface area contributed by atoms with E-state index in [9.17, 15) is 5.11 Å². The molecule has 0 spiro atoms. The molecule has 66 valence electrons. The number of hydrogen-bond donors (Lipinski definition) is 2. The maximum Gasteiger partial charge on any atom is 0.0818 e. The summed E-state index contributed by atoms with van der Waals surface area (Å²) in [5.41, 5.74) is 5.66. The fourth-order valence-corrected chi connectivity index (χ4v) is 1.44. The minimum Gasteiger partial charge on any atom is -0.390 e. The summed E-state index contributed by atoms with van der Waals surface area (Å²) in [5.74, 6) is 0. The van der Waals surface area contributed by atoms with Gasteiger partial charge in [-0.25, -0.2) is 0 Å². The Morgan fingerprint density at radius 1 is 1.55 bits per heavy atom. The van der Waals surface area contributed by atoms with Crippen molar-refractivity contribution in [2.24, 2.45) is 5.73 Å². The number of aliphatic hydroxyl groups excluding tert-OH is 1. The second-order valence-corrected chi connectivity index (χ2v) is 3.61. The molecule has 0 radical (unpaired) electrons. The third-order valence-electron chi connectivity index (χ3n) is 2.40. The molecular formula is C8H18N2O. The van der Waals surface area contributed by atoms with Crippen LogP contribution >= 0.6 is 0 Å². The zero-order valence-corrected chi connectivity index (χ0v) is 7.33. The molecule has 3 nitrogen and oxygen atoms in total. The number of rotatable bonds is 1. The first-order chi connectivity index (χ1) is 5.11. The van der Waals surface area contributed by atoms with Crippen LogP contribution in [0, 0.1) is 0 Å². The Morgan fingerprint density at radius 2 is 2.18 bits per heavy atom. The molecule has 0 bridgehead atoms. The molecule has 0 unspecified atom stereocenters. The van der Waals surface area contributed by atoms with Gasteiger partial charge < -0.3 is 10.8 Å². The van der Waals surface area contributed by atoms with Gasteiger partial charge in [0.15, 0.2) is 0 Å². The van der Waals surface area contributed by atoms with E-state index in [1.165, 1.54) is 0 Å². The quantitative estimate of drug-likeness (QED) is 0.555. The van der Waals surface area contributed by atoms with Gasteiger partial charge in [-0.3, -0.25) is 4.90 Å². The van der Waals surface area contributed by atoms with Crippen LogP contribution in [0.2, 0.25) is 0 Å². The third-order valence-corrected chi connectivity index (χ3v) is 2.40. The molecule has 1 saturated heterocycles. The van der Waals surface area contributed by atoms with E-state index in [1.54, 1.807) is 0 Å². The zero-order chi connectivity index (χ0) is 8.43. The number of aliphatic hydroxyl groups is 1. The summed E-state index contributed by atoms with van der Waals surface area (Å²) >= 11 is 0. The first-order valence-corrected chi connectivity index (χ1v) is 4.29. The largest absolute Gasteiger partial charge is 0.390 e. The second kappa shape index (κ2) is 3.52. The fraction of sp³-hybridized carbons (Fsp3) is 1.00. The van der Waals surface area contributed by atoms with Crippen LogP contribution in [0.15, 0.2) is 0 Å². The Labute approximate surface area is 68.2 Å². The SMILES string of the molecule is CC(C)N1CC[C@H](N)[C@H](O)C1. The Bertz CT molecular complexity index is 127. The Kier molecular flexibility index (Phi) is 2.87. The summed E-state index contributed by atoms with van der Waals surface area (Å²) in [4.78, 5) is 2.26. The molecule has 1 fully saturated rings. The number of likely N-dealkylation sites (tertiary alicyclic amines) is 1. The summed E-state index contributed by atoms with van der Waals surface area (Å²) in [5, 5.41) is 9.43. The zero-order valence-electron chi connectivity index (χ0n) is 7.33. The van der Waals surface area contributed by atoms with Crippen LogP contribution < -0.4 is 5.73 Å². The first-order valence-electron chi connectivity index (χ1n) is 4.29. The predicted octanol–water partition coefficient (Wildman–Crippen LogP) is -0.211. The normalized spacial score (nSPS) is 34.6. The van der Waals surface area contributed by atoms with Gasteiger partial charge >= 0.3 is 0 Å². The Morgan fingerprint density at radius 3 is 2.64 bits per heavy atom. The molecule has 2 atom stereocenters. The van der Waals surface area contributed by atoms with E-state index in [2.05, 4.69) is 18.7 Å². The molecule has 3 heteroatoms. The minimum absolute atomic E-state index is 0.00926. The van der Waals surface area contributed by atoms with Crippen LogP contribution in [0.3, 0.4) is 0 Å². The van der Waals surface area contributed by atoms with Crippen LogP contribution in [0.1, 0.15) is 20.3 Å². The van der Waals surface area contributed by atoms with Gasteiger partial charge in [0.05, 0.1) is 6.10 Å². The van der Waals surface area contributed by atoms with E-state index in [1.807, 2.05) is 0 Å². The average molecular weight is 158 g/mol. The van der Waals surface area contributed by atoms with E-state index in [0.29, 0.717) is 6.04 Å². The van der Waals surface area contributed by atoms with Crippen LogP contribution in [-0.2, 0) is 0 Å². The van der Waals surface area contributed by atoms with Crippen molar-refractivity contribution >= 4 is 0 Å². The number of nitrogens with two attached hydrogens (primary N) is 1. The lowest BCUT2D eigenvalue weighted by Gasteiger charge is -2.36. The van der Waals surface area contributed by atoms with Crippen LogP contribution in [0.25, 0.3) is 0 Å². The standard InChI is InChI=1S/C8H18N2O/c1-6(2)10-4-3-7(9)8(11)5-10/h6-8,11H,3-5,9H2,1-2H3/t7-,8+/m0/s1. The molecule has 3 N–H and O–H groups in total. The van der Waals surface area contributed by atoms with Crippen molar-refractivity contribution < 1.29 is 5.11 Å². The molecule has 0 aromatic carbocycles. The van der Waals surface area contributed by atoms with Gasteiger partial charge in [0.2, 0.25) is 0 Å². The maximum atomic E-state index is 9.43. The van der Waals surface area contributed by atoms with Crippen LogP contribution in [0.5, 0.6) is 0 Å². The lowest BCUT2D eigenvalue weighted by atomic mass is 10.0. The van der Waals surface area contributed by atoms with Crippen molar-refractivity contribution in [3.8, 4) is 0 Å². The van der Waals surface area contributed by atoms with Crippen molar-refractivity contribution in [2.45, 2.75) is 38.5 Å². The minimum atomic E-state index is -0.328. The Balaban J connectivity index is 2.40. The van der Waals surface area contributed by atoms with Gasteiger partial charge in [-0.05, 0) is 20.3 Å². The molecular weight excluding hydrogens is 140 g/mol. The van der Waals surface area contributed by atoms with E-state index < -0.39 is 0 Å². The summed E-state index contributed by atoms with van der Waals surface area (Å²) in [7, 11) is 0. The molecule has 0 aliphatic carbocycles. The van der Waals surface area contributed by atoms with Crippen molar-refractivity contribution in [3.05, 3.63) is 0 Å². The van der Waals surface area contributed by atoms with Crippen molar-refractivity contribution in [3.63, 3.8) is 0 Å². The molecule has 11 heavy (non-hydrogen) atoms. The lowest BCUT2D eigenvalue weighted by molar-refractivity contribution is 0.0391. The average Bonchev–Trinajstić information content (AvgIpc) is 1.94. The fourth-order valence-electron chi connectivity index (χ4n) is 1.44. The van der Waals surface area contributed by atoms with Gasteiger partial charge in [-0.1, -0.05) is 0 Å². The first kappa shape index (κ1) is 8.97. The summed E-state index contributed by atoms with van der Waals surface area (Å²) in [6.07, 6.45) is 0.588. The van der Waals surface area contributed by atoms with Crippen LogP contribution in [0.4, 0.5) is 0 Å². The number of β-amino-alcohol motifs (C(OH)–C–C–N with tert-alkyl or cyclic N) is 1. The van der Waals surface area contributed by atoms with Crippen molar-refractivity contribution in [1.29, 1.82) is 0 Å². The van der Waals surface area contributed by atoms with Gasteiger partial charge in [-0.2, -0.15) is 0 Å². The molecule has 1 aliphatic heterocycles. The molecule has 0 saturated carbocycles. The number of hydrogen-bond acceptors (Lipinski definition) is 3. The highest BCUT2D eigenvalue weighted by molar-refractivity contribution is 4.83. The molecule has 0 amide bonds. The summed E-state index contributed by atoms with van der Waals surface area (Å²) in [6.45, 7) is 6.04. The molecule has 1 rings (SSSR count). The second-order valence-electron chi connectivity index (χ2n) is 3.61. The highest BCUT2D eigenvalue weighted by Crippen LogP contribution is 2.11. The monoisotopic (exact) mass is 158 g/mol. The molecule has 1 aliphatic rings. The van der Waals surface area contributed by atoms with Gasteiger partial charge in [-0.15, -0.1) is 0 Å². The maximum absolute atomic E-state index is 9.43. The van der Waals surface area contributed by atoms with Gasteiger partial charge in [0.25, 0.3) is 0 Å². The third kappa shape index (κ3) is 2.15. The van der Waals surface area contributed by atoms with Gasteiger partial charge in [0.1, 0.15) is 0 Å². The van der Waals surface area contributed by atoms with Crippen molar-refractivity contribution in [2.75, 3.05) is 13.1 Å². The highest BCUT2D eigenvalue weighted by Gasteiger charge is 2.25. The summed E-state index contributed by atoms with van der Waals surface area (Å²) < 4.78 is 0.